The molecule has 0 radical (unpaired) electrons. The van der Waals surface area contributed by atoms with Gasteiger partial charge < -0.3 is 5.11 Å². The van der Waals surface area contributed by atoms with Crippen LogP contribution in [0.3, 0.4) is 0 Å². The van der Waals surface area contributed by atoms with Crippen molar-refractivity contribution < 1.29 is 13.5 Å². The normalized spacial score (nSPS) is 11.7. The van der Waals surface area contributed by atoms with E-state index in [2.05, 4.69) is 0 Å². The van der Waals surface area contributed by atoms with E-state index in [0.29, 0.717) is 0 Å². The molecule has 0 heterocycles. The lowest BCUT2D eigenvalue weighted by atomic mass is 10.2. The number of hydrogen-bond acceptors (Lipinski definition) is 3. The molecule has 116 valence electrons. The fourth-order valence-corrected chi connectivity index (χ4v) is 3.31. The van der Waals surface area contributed by atoms with Crippen LogP contribution >= 0.6 is 0 Å². The summed E-state index contributed by atoms with van der Waals surface area (Å²) >= 11 is 0. The van der Waals surface area contributed by atoms with E-state index in [1.165, 1.54) is 16.6 Å². The standard InChI is InChI=1S/C17H19NO3S/c1-15-8-10-17(11-9-15)22(20,21)18(12-5-13-19)14-16-6-3-2-4-7-16/h2-12,19H,13-14H2,1H3/b12-5-. The summed E-state index contributed by atoms with van der Waals surface area (Å²) in [4.78, 5) is 0.233. The molecule has 22 heavy (non-hydrogen) atoms. The minimum absolute atomic E-state index is 0.214. The Kier molecular flexibility index (Phi) is 5.35. The van der Waals surface area contributed by atoms with E-state index < -0.39 is 10.0 Å². The summed E-state index contributed by atoms with van der Waals surface area (Å²) < 4.78 is 26.7. The largest absolute Gasteiger partial charge is 0.392 e. The first-order valence-electron chi connectivity index (χ1n) is 6.94. The Morgan fingerprint density at radius 2 is 1.68 bits per heavy atom. The zero-order chi connectivity index (χ0) is 16.0. The molecule has 0 unspecified atom stereocenters. The molecule has 0 amide bonds. The molecule has 0 saturated carbocycles. The molecule has 2 rings (SSSR count). The Morgan fingerprint density at radius 1 is 1.05 bits per heavy atom. The molecule has 0 aliphatic carbocycles. The number of benzene rings is 2. The van der Waals surface area contributed by atoms with Crippen LogP contribution in [-0.2, 0) is 16.6 Å². The second kappa shape index (κ2) is 7.24. The van der Waals surface area contributed by atoms with Crippen LogP contribution in [0.1, 0.15) is 11.1 Å². The van der Waals surface area contributed by atoms with Crippen LogP contribution in [0.4, 0.5) is 0 Å². The molecular weight excluding hydrogens is 298 g/mol. The van der Waals surface area contributed by atoms with Crippen molar-refractivity contribution in [3.63, 3.8) is 0 Å². The van der Waals surface area contributed by atoms with Crippen molar-refractivity contribution in [2.45, 2.75) is 18.4 Å². The van der Waals surface area contributed by atoms with Gasteiger partial charge in [0.1, 0.15) is 0 Å². The third-order valence-electron chi connectivity index (χ3n) is 3.19. The summed E-state index contributed by atoms with van der Waals surface area (Å²) in [5, 5.41) is 8.95. The smallest absolute Gasteiger partial charge is 0.264 e. The summed E-state index contributed by atoms with van der Waals surface area (Å²) in [6, 6.07) is 16.1. The first kappa shape index (κ1) is 16.3. The van der Waals surface area contributed by atoms with Gasteiger partial charge in [0.05, 0.1) is 18.0 Å². The highest BCUT2D eigenvalue weighted by Crippen LogP contribution is 2.19. The quantitative estimate of drug-likeness (QED) is 0.891. The molecule has 1 N–H and O–H groups in total. The van der Waals surface area contributed by atoms with Gasteiger partial charge in [-0.2, -0.15) is 0 Å². The Balaban J connectivity index is 2.35. The summed E-state index contributed by atoms with van der Waals surface area (Å²) in [6.45, 7) is 1.91. The van der Waals surface area contributed by atoms with Gasteiger partial charge in [-0.1, -0.05) is 48.0 Å². The van der Waals surface area contributed by atoms with Crippen molar-refractivity contribution in [3.8, 4) is 0 Å². The number of aliphatic hydroxyl groups excluding tert-OH is 1. The Hall–Kier alpha value is -2.11. The fourth-order valence-electron chi connectivity index (χ4n) is 1.99. The molecule has 2 aromatic carbocycles. The van der Waals surface area contributed by atoms with Crippen molar-refractivity contribution in [1.29, 1.82) is 0 Å². The van der Waals surface area contributed by atoms with Gasteiger partial charge in [-0.15, -0.1) is 0 Å². The molecule has 0 aliphatic heterocycles. The van der Waals surface area contributed by atoms with E-state index in [0.717, 1.165) is 11.1 Å². The molecule has 4 nitrogen and oxygen atoms in total. The molecule has 2 aromatic rings. The molecule has 5 heteroatoms. The molecule has 0 atom stereocenters. The maximum Gasteiger partial charge on any atom is 0.264 e. The van der Waals surface area contributed by atoms with Gasteiger partial charge in [-0.25, -0.2) is 8.42 Å². The van der Waals surface area contributed by atoms with Crippen LogP contribution in [0.5, 0.6) is 0 Å². The van der Waals surface area contributed by atoms with Gasteiger partial charge in [-0.05, 0) is 30.7 Å². The highest BCUT2D eigenvalue weighted by Gasteiger charge is 2.21. The topological polar surface area (TPSA) is 57.6 Å². The first-order valence-corrected chi connectivity index (χ1v) is 8.38. The van der Waals surface area contributed by atoms with E-state index >= 15 is 0 Å². The molecule has 0 fully saturated rings. The SMILES string of the molecule is Cc1ccc(S(=O)(=O)N(/C=C\CO)Cc2ccccc2)cc1. The van der Waals surface area contributed by atoms with Crippen LogP contribution in [0, 0.1) is 6.92 Å². The summed E-state index contributed by atoms with van der Waals surface area (Å²) in [5.41, 5.74) is 1.88. The Bertz CT molecular complexity index is 722. The molecule has 0 spiro atoms. The van der Waals surface area contributed by atoms with Crippen LogP contribution in [0.15, 0.2) is 71.8 Å². The van der Waals surface area contributed by atoms with Crippen molar-refractivity contribution in [2.24, 2.45) is 0 Å². The van der Waals surface area contributed by atoms with Crippen LogP contribution in [0.2, 0.25) is 0 Å². The predicted octanol–water partition coefficient (Wildman–Crippen LogP) is 2.69. The zero-order valence-corrected chi connectivity index (χ0v) is 13.2. The van der Waals surface area contributed by atoms with Gasteiger partial charge in [-0.3, -0.25) is 4.31 Å². The number of nitrogens with zero attached hydrogens (tertiary/aromatic N) is 1. The average Bonchev–Trinajstić information content (AvgIpc) is 2.52. The van der Waals surface area contributed by atoms with Crippen molar-refractivity contribution in [2.75, 3.05) is 6.61 Å². The number of hydrogen-bond donors (Lipinski definition) is 1. The number of rotatable bonds is 6. The maximum absolute atomic E-state index is 12.7. The van der Waals surface area contributed by atoms with Gasteiger partial charge >= 0.3 is 0 Å². The monoisotopic (exact) mass is 317 g/mol. The third-order valence-corrected chi connectivity index (χ3v) is 4.92. The first-order chi connectivity index (χ1) is 10.5. The molecule has 0 saturated heterocycles. The van der Waals surface area contributed by atoms with E-state index in [4.69, 9.17) is 5.11 Å². The van der Waals surface area contributed by atoms with Gasteiger partial charge in [0.2, 0.25) is 0 Å². The lowest BCUT2D eigenvalue weighted by Crippen LogP contribution is -2.25. The Labute approximate surface area is 131 Å². The third kappa shape index (κ3) is 3.96. The second-order valence-electron chi connectivity index (χ2n) is 4.92. The van der Waals surface area contributed by atoms with E-state index in [1.807, 2.05) is 37.3 Å². The van der Waals surface area contributed by atoms with Crippen molar-refractivity contribution in [1.82, 2.24) is 4.31 Å². The highest BCUT2D eigenvalue weighted by atomic mass is 32.2. The number of sulfonamides is 1. The van der Waals surface area contributed by atoms with Gasteiger partial charge in [0.15, 0.2) is 0 Å². The van der Waals surface area contributed by atoms with E-state index in [1.54, 1.807) is 24.3 Å². The molecular formula is C17H19NO3S. The second-order valence-corrected chi connectivity index (χ2v) is 6.81. The Morgan fingerprint density at radius 3 is 2.27 bits per heavy atom. The number of aryl methyl sites for hydroxylation is 1. The molecule has 0 aromatic heterocycles. The predicted molar refractivity (Wildman–Crippen MR) is 86.6 cm³/mol. The van der Waals surface area contributed by atoms with Crippen LogP contribution < -0.4 is 0 Å². The molecule has 0 bridgehead atoms. The summed E-state index contributed by atoms with van der Waals surface area (Å²) in [5.74, 6) is 0. The average molecular weight is 317 g/mol. The lowest BCUT2D eigenvalue weighted by Gasteiger charge is -2.20. The lowest BCUT2D eigenvalue weighted by molar-refractivity contribution is 0.340. The summed E-state index contributed by atoms with van der Waals surface area (Å²) in [7, 11) is -3.65. The van der Waals surface area contributed by atoms with E-state index in [9.17, 15) is 8.42 Å². The number of aliphatic hydroxyl groups is 1. The minimum Gasteiger partial charge on any atom is -0.392 e. The van der Waals surface area contributed by atoms with Crippen LogP contribution in [-0.4, -0.2) is 24.4 Å². The van der Waals surface area contributed by atoms with Crippen molar-refractivity contribution >= 4 is 10.0 Å². The van der Waals surface area contributed by atoms with E-state index in [-0.39, 0.29) is 18.0 Å². The maximum atomic E-state index is 12.7. The van der Waals surface area contributed by atoms with Gasteiger partial charge in [0, 0.05) is 6.20 Å². The highest BCUT2D eigenvalue weighted by molar-refractivity contribution is 7.89. The minimum atomic E-state index is -3.65. The van der Waals surface area contributed by atoms with Crippen LogP contribution in [0.25, 0.3) is 0 Å². The fraction of sp³-hybridized carbons (Fsp3) is 0.176. The van der Waals surface area contributed by atoms with Crippen molar-refractivity contribution in [3.05, 3.63) is 78.0 Å². The zero-order valence-electron chi connectivity index (χ0n) is 12.4. The summed E-state index contributed by atoms with van der Waals surface area (Å²) in [6.07, 6.45) is 2.82. The van der Waals surface area contributed by atoms with Gasteiger partial charge in [0.25, 0.3) is 10.0 Å². The molecule has 0 aliphatic rings.